The molecule has 0 amide bonds. The molecule has 0 spiro atoms. The lowest BCUT2D eigenvalue weighted by Crippen LogP contribution is -2.14. The van der Waals surface area contributed by atoms with E-state index in [1.807, 2.05) is 121 Å². The highest BCUT2D eigenvalue weighted by atomic mass is 16.1. The first kappa shape index (κ1) is 24.7. The molecule has 3 heteroatoms. The van der Waals surface area contributed by atoms with Crippen LogP contribution in [0.2, 0.25) is 0 Å². The van der Waals surface area contributed by atoms with Gasteiger partial charge in [0, 0.05) is 23.3 Å². The first-order valence-electron chi connectivity index (χ1n) is 11.7. The Morgan fingerprint density at radius 2 is 0.811 bits per heavy atom. The molecule has 0 aliphatic rings. The van der Waals surface area contributed by atoms with Crippen LogP contribution in [0.5, 0.6) is 0 Å². The number of hydrogen-bond acceptors (Lipinski definition) is 3. The number of nitrogens with one attached hydrogen (secondary N) is 1. The lowest BCUT2D eigenvalue weighted by molar-refractivity contribution is -0.110. The van der Waals surface area contributed by atoms with Crippen LogP contribution in [0.15, 0.2) is 133 Å². The van der Waals surface area contributed by atoms with E-state index in [1.54, 1.807) is 0 Å². The maximum atomic E-state index is 12.8. The smallest absolute Gasteiger partial charge is 0.231 e. The molecule has 0 bridgehead atoms. The highest BCUT2D eigenvalue weighted by Gasteiger charge is 2.10. The normalized spacial score (nSPS) is 10.8. The van der Waals surface area contributed by atoms with E-state index in [4.69, 9.17) is 0 Å². The van der Waals surface area contributed by atoms with Crippen LogP contribution >= 0.6 is 0 Å². The van der Waals surface area contributed by atoms with Gasteiger partial charge in [-0.05, 0) is 47.2 Å². The van der Waals surface area contributed by atoms with E-state index >= 15 is 0 Å². The van der Waals surface area contributed by atoms with Gasteiger partial charge in [-0.25, -0.2) is 0 Å². The Hall–Kier alpha value is -5.38. The molecular weight excluding hydrogens is 454 g/mol. The van der Waals surface area contributed by atoms with Crippen LogP contribution in [-0.2, 0) is 9.59 Å². The summed E-state index contributed by atoms with van der Waals surface area (Å²) in [6, 6.07) is 37.5. The van der Waals surface area contributed by atoms with Crippen molar-refractivity contribution in [3.05, 3.63) is 156 Å². The molecule has 3 nitrogen and oxygen atoms in total. The summed E-state index contributed by atoms with van der Waals surface area (Å²) in [6.07, 6.45) is 2.89. The van der Waals surface area contributed by atoms with Gasteiger partial charge < -0.3 is 5.32 Å². The van der Waals surface area contributed by atoms with Crippen molar-refractivity contribution in [3.8, 4) is 23.7 Å². The quantitative estimate of drug-likeness (QED) is 0.278. The molecule has 0 fully saturated rings. The predicted molar refractivity (Wildman–Crippen MR) is 149 cm³/mol. The summed E-state index contributed by atoms with van der Waals surface area (Å²) < 4.78 is 0. The van der Waals surface area contributed by atoms with Crippen LogP contribution < -0.4 is 5.32 Å². The van der Waals surface area contributed by atoms with Crippen LogP contribution in [0.25, 0.3) is 11.4 Å². The van der Waals surface area contributed by atoms with E-state index in [9.17, 15) is 9.59 Å². The van der Waals surface area contributed by atoms with Crippen LogP contribution in [0, 0.1) is 23.7 Å². The van der Waals surface area contributed by atoms with E-state index in [1.165, 1.54) is 12.2 Å². The minimum atomic E-state index is -0.363. The fourth-order valence-electron chi connectivity index (χ4n) is 3.41. The summed E-state index contributed by atoms with van der Waals surface area (Å²) >= 11 is 0. The second kappa shape index (κ2) is 12.9. The lowest BCUT2D eigenvalue weighted by atomic mass is 10.1. The highest BCUT2D eigenvalue weighted by Crippen LogP contribution is 2.19. The van der Waals surface area contributed by atoms with Crippen molar-refractivity contribution >= 4 is 23.0 Å². The van der Waals surface area contributed by atoms with E-state index < -0.39 is 0 Å². The second-order valence-corrected chi connectivity index (χ2v) is 7.93. The molecule has 0 unspecified atom stereocenters. The molecule has 0 aliphatic carbocycles. The Kier molecular flexibility index (Phi) is 8.63. The lowest BCUT2D eigenvalue weighted by Gasteiger charge is -2.14. The van der Waals surface area contributed by atoms with Crippen molar-refractivity contribution in [1.29, 1.82) is 0 Å². The molecule has 4 aromatic carbocycles. The molecule has 176 valence electrons. The number of carbonyl (C=O) groups excluding carboxylic acids is 2. The van der Waals surface area contributed by atoms with Crippen LogP contribution in [0.4, 0.5) is 0 Å². The molecule has 0 heterocycles. The number of carbonyl (C=O) groups is 2. The fourth-order valence-corrected chi connectivity index (χ4v) is 3.41. The Morgan fingerprint density at radius 3 is 1.16 bits per heavy atom. The standard InChI is InChI=1S/C34H23NO2/c36-31(23-21-27-13-5-1-6-14-27)25-33(29-17-9-3-10-18-29)35-34(30-19-11-4-12-20-30)26-32(37)24-22-28-15-7-2-8-16-28/h1-20,25-26,35H/b33-25+,34-26+. The summed E-state index contributed by atoms with van der Waals surface area (Å²) in [5.74, 6) is 10.4. The number of ketones is 2. The van der Waals surface area contributed by atoms with E-state index in [0.29, 0.717) is 11.4 Å². The third-order valence-corrected chi connectivity index (χ3v) is 5.20. The molecule has 4 aromatic rings. The van der Waals surface area contributed by atoms with Crippen LogP contribution in [-0.4, -0.2) is 11.6 Å². The zero-order chi connectivity index (χ0) is 25.7. The molecule has 0 saturated heterocycles. The van der Waals surface area contributed by atoms with Gasteiger partial charge in [0.05, 0.1) is 11.4 Å². The van der Waals surface area contributed by atoms with Gasteiger partial charge in [-0.2, -0.15) is 0 Å². The van der Waals surface area contributed by atoms with E-state index in [-0.39, 0.29) is 11.6 Å². The van der Waals surface area contributed by atoms with Gasteiger partial charge in [-0.3, -0.25) is 9.59 Å². The monoisotopic (exact) mass is 477 g/mol. The summed E-state index contributed by atoms with van der Waals surface area (Å²) in [4.78, 5) is 25.6. The van der Waals surface area contributed by atoms with Crippen molar-refractivity contribution in [2.24, 2.45) is 0 Å². The van der Waals surface area contributed by atoms with Crippen molar-refractivity contribution in [3.63, 3.8) is 0 Å². The molecular formula is C34H23NO2. The Labute approximate surface area is 217 Å². The van der Waals surface area contributed by atoms with Gasteiger partial charge in [-0.15, -0.1) is 0 Å². The number of rotatable bonds is 6. The van der Waals surface area contributed by atoms with Crippen LogP contribution in [0.3, 0.4) is 0 Å². The fraction of sp³-hybridized carbons (Fsp3) is 0. The summed E-state index contributed by atoms with van der Waals surface area (Å²) in [5.41, 5.74) is 4.11. The molecule has 0 aromatic heterocycles. The zero-order valence-corrected chi connectivity index (χ0v) is 20.0. The largest absolute Gasteiger partial charge is 0.354 e. The number of benzene rings is 4. The molecule has 0 radical (unpaired) electrons. The topological polar surface area (TPSA) is 46.2 Å². The van der Waals surface area contributed by atoms with Crippen molar-refractivity contribution in [2.45, 2.75) is 0 Å². The van der Waals surface area contributed by atoms with Gasteiger partial charge in [-0.1, -0.05) is 109 Å². The maximum Gasteiger partial charge on any atom is 0.231 e. The molecule has 0 atom stereocenters. The molecule has 0 saturated carbocycles. The minimum Gasteiger partial charge on any atom is -0.354 e. The summed E-state index contributed by atoms with van der Waals surface area (Å²) in [5, 5.41) is 3.29. The minimum absolute atomic E-state index is 0.363. The molecule has 1 N–H and O–H groups in total. The summed E-state index contributed by atoms with van der Waals surface area (Å²) in [7, 11) is 0. The Bertz CT molecular complexity index is 1420. The first-order valence-corrected chi connectivity index (χ1v) is 11.7. The van der Waals surface area contributed by atoms with Gasteiger partial charge in [0.25, 0.3) is 0 Å². The first-order chi connectivity index (χ1) is 18.2. The Morgan fingerprint density at radius 1 is 0.486 bits per heavy atom. The van der Waals surface area contributed by atoms with Crippen molar-refractivity contribution in [2.75, 3.05) is 0 Å². The van der Waals surface area contributed by atoms with Crippen molar-refractivity contribution in [1.82, 2.24) is 5.32 Å². The van der Waals surface area contributed by atoms with Gasteiger partial charge in [0.1, 0.15) is 0 Å². The van der Waals surface area contributed by atoms with Crippen LogP contribution in [0.1, 0.15) is 22.3 Å². The number of hydrogen-bond donors (Lipinski definition) is 1. The highest BCUT2D eigenvalue weighted by molar-refractivity contribution is 6.11. The van der Waals surface area contributed by atoms with Gasteiger partial charge >= 0.3 is 0 Å². The number of allylic oxidation sites excluding steroid dienone is 2. The van der Waals surface area contributed by atoms with Gasteiger partial charge in [0.15, 0.2) is 0 Å². The maximum absolute atomic E-state index is 12.8. The average Bonchev–Trinajstić information content (AvgIpc) is 2.96. The Balaban J connectivity index is 1.68. The average molecular weight is 478 g/mol. The molecule has 4 rings (SSSR count). The van der Waals surface area contributed by atoms with E-state index in [2.05, 4.69) is 29.0 Å². The van der Waals surface area contributed by atoms with Gasteiger partial charge in [0.2, 0.25) is 11.6 Å². The van der Waals surface area contributed by atoms with E-state index in [0.717, 1.165) is 22.3 Å². The zero-order valence-electron chi connectivity index (χ0n) is 20.0. The van der Waals surface area contributed by atoms with Crippen molar-refractivity contribution < 1.29 is 9.59 Å². The molecule has 0 aliphatic heterocycles. The summed E-state index contributed by atoms with van der Waals surface area (Å²) in [6.45, 7) is 0. The third kappa shape index (κ3) is 7.82. The molecule has 37 heavy (non-hydrogen) atoms. The second-order valence-electron chi connectivity index (χ2n) is 7.93. The SMILES string of the molecule is O=C(C#Cc1ccccc1)/C=C(/N/C(=C/C(=O)C#Cc1ccccc1)c1ccccc1)c1ccccc1. The predicted octanol–water partition coefficient (Wildman–Crippen LogP) is 5.90. The third-order valence-electron chi connectivity index (χ3n) is 5.20.